The van der Waals surface area contributed by atoms with Crippen LogP contribution in [-0.2, 0) is 0 Å². The minimum atomic E-state index is -2.69. The maximum atomic E-state index is 14.1. The number of fused-ring (bicyclic) bond motifs is 1. The van der Waals surface area contributed by atoms with Crippen molar-refractivity contribution in [2.75, 3.05) is 25.0 Å². The minimum absolute atomic E-state index is 0.120. The van der Waals surface area contributed by atoms with E-state index < -0.39 is 11.8 Å². The Bertz CT molecular complexity index is 819. The molecule has 0 spiro atoms. The first kappa shape index (κ1) is 18.4. The molecule has 1 aliphatic heterocycles. The molecule has 2 aromatic rings. The van der Waals surface area contributed by atoms with E-state index >= 15 is 0 Å². The highest BCUT2D eigenvalue weighted by molar-refractivity contribution is 5.87. The average Bonchev–Trinajstić information content (AvgIpc) is 2.64. The Morgan fingerprint density at radius 3 is 2.96 bits per heavy atom. The zero-order chi connectivity index (χ0) is 18.6. The Morgan fingerprint density at radius 1 is 1.42 bits per heavy atom. The highest BCUT2D eigenvalue weighted by Crippen LogP contribution is 2.31. The monoisotopic (exact) mass is 359 g/mol. The predicted octanol–water partition coefficient (Wildman–Crippen LogP) is 3.66. The van der Waals surface area contributed by atoms with Gasteiger partial charge in [-0.1, -0.05) is 25.7 Å². The van der Waals surface area contributed by atoms with Crippen LogP contribution >= 0.6 is 0 Å². The first-order valence-electron chi connectivity index (χ1n) is 8.81. The summed E-state index contributed by atoms with van der Waals surface area (Å²) in [5.41, 5.74) is 3.01. The Hall–Kier alpha value is -2.41. The van der Waals surface area contributed by atoms with Crippen LogP contribution in [0.15, 0.2) is 37.2 Å². The zero-order valence-corrected chi connectivity index (χ0v) is 14.8. The average molecular weight is 359 g/mol. The van der Waals surface area contributed by atoms with E-state index in [4.69, 9.17) is 0 Å². The zero-order valence-electron chi connectivity index (χ0n) is 14.8. The summed E-state index contributed by atoms with van der Waals surface area (Å²) in [6, 6.07) is 1.86. The summed E-state index contributed by atoms with van der Waals surface area (Å²) in [6.07, 6.45) is 7.42. The lowest BCUT2D eigenvalue weighted by atomic mass is 9.95. The van der Waals surface area contributed by atoms with Crippen LogP contribution in [0.5, 0.6) is 0 Å². The van der Waals surface area contributed by atoms with Crippen LogP contribution in [0.4, 0.5) is 14.6 Å². The fraction of sp³-hybridized carbons (Fsp3) is 0.421. The van der Waals surface area contributed by atoms with Gasteiger partial charge in [0.2, 0.25) is 0 Å². The van der Waals surface area contributed by atoms with Crippen LogP contribution in [0.1, 0.15) is 25.5 Å². The Morgan fingerprint density at radius 2 is 2.23 bits per heavy atom. The maximum absolute atomic E-state index is 14.1. The molecule has 1 aliphatic rings. The van der Waals surface area contributed by atoms with Crippen LogP contribution in [0, 0.1) is 5.92 Å². The molecule has 5 nitrogen and oxygen atoms in total. The second-order valence-corrected chi connectivity index (χ2v) is 6.35. The Balaban J connectivity index is 1.93. The van der Waals surface area contributed by atoms with E-state index in [9.17, 15) is 8.78 Å². The first-order valence-corrected chi connectivity index (χ1v) is 8.81. The minimum Gasteiger partial charge on any atom is -0.368 e. The van der Waals surface area contributed by atoms with Gasteiger partial charge in [0, 0.05) is 38.4 Å². The van der Waals surface area contributed by atoms with Crippen molar-refractivity contribution in [3.63, 3.8) is 0 Å². The molecule has 0 aliphatic carbocycles. The number of piperidine rings is 1. The van der Waals surface area contributed by atoms with Gasteiger partial charge in [-0.25, -0.2) is 18.7 Å². The van der Waals surface area contributed by atoms with Crippen molar-refractivity contribution in [2.45, 2.75) is 25.7 Å². The van der Waals surface area contributed by atoms with E-state index in [0.29, 0.717) is 23.4 Å². The van der Waals surface area contributed by atoms with E-state index in [1.54, 1.807) is 18.5 Å². The van der Waals surface area contributed by atoms with Gasteiger partial charge in [0.15, 0.2) is 5.82 Å². The molecule has 138 valence electrons. The summed E-state index contributed by atoms with van der Waals surface area (Å²) < 4.78 is 28.2. The molecule has 0 amide bonds. The second kappa shape index (κ2) is 7.86. The van der Waals surface area contributed by atoms with E-state index in [1.807, 2.05) is 19.1 Å². The van der Waals surface area contributed by atoms with E-state index in [2.05, 4.69) is 32.2 Å². The van der Waals surface area contributed by atoms with E-state index in [-0.39, 0.29) is 19.5 Å². The summed E-state index contributed by atoms with van der Waals surface area (Å²) in [7, 11) is 0. The lowest BCUT2D eigenvalue weighted by Crippen LogP contribution is -2.47. The quantitative estimate of drug-likeness (QED) is 0.771. The molecule has 1 saturated heterocycles. The number of nitrogens with zero attached hydrogens (tertiary/aromatic N) is 3. The Labute approximate surface area is 151 Å². The Kier molecular flexibility index (Phi) is 5.56. The normalized spacial score (nSPS) is 20.1. The van der Waals surface area contributed by atoms with Crippen LogP contribution in [0.2, 0.25) is 0 Å². The smallest absolute Gasteiger partial charge is 0.255 e. The van der Waals surface area contributed by atoms with Crippen LogP contribution < -0.4 is 10.6 Å². The number of allylic oxidation sites excluding steroid dienone is 3. The summed E-state index contributed by atoms with van der Waals surface area (Å²) in [6.45, 7) is 6.50. The lowest BCUT2D eigenvalue weighted by molar-refractivity contribution is -0.0728. The van der Waals surface area contributed by atoms with Crippen LogP contribution in [0.3, 0.4) is 0 Å². The number of pyridine rings is 1. The number of alkyl halides is 2. The summed E-state index contributed by atoms with van der Waals surface area (Å²) in [5.74, 6) is -2.99. The van der Waals surface area contributed by atoms with Crippen molar-refractivity contribution in [1.82, 2.24) is 20.3 Å². The third-order valence-electron chi connectivity index (χ3n) is 4.62. The largest absolute Gasteiger partial charge is 0.368 e. The molecule has 0 bridgehead atoms. The van der Waals surface area contributed by atoms with Gasteiger partial charge in [0.1, 0.15) is 5.52 Å². The van der Waals surface area contributed by atoms with Gasteiger partial charge in [0.05, 0.1) is 17.1 Å². The topological polar surface area (TPSA) is 62.7 Å². The summed E-state index contributed by atoms with van der Waals surface area (Å²) in [5, 5.41) is 6.12. The molecule has 3 heterocycles. The van der Waals surface area contributed by atoms with Crippen molar-refractivity contribution in [3.8, 4) is 0 Å². The second-order valence-electron chi connectivity index (χ2n) is 6.35. The summed E-state index contributed by atoms with van der Waals surface area (Å²) >= 11 is 0. The van der Waals surface area contributed by atoms with Crippen molar-refractivity contribution >= 4 is 22.4 Å². The molecule has 0 aromatic carbocycles. The molecule has 26 heavy (non-hydrogen) atoms. The highest BCUT2D eigenvalue weighted by atomic mass is 19.3. The van der Waals surface area contributed by atoms with Crippen molar-refractivity contribution < 1.29 is 8.78 Å². The number of hydrogen-bond acceptors (Lipinski definition) is 5. The molecule has 1 fully saturated rings. The van der Waals surface area contributed by atoms with Crippen LogP contribution in [0.25, 0.3) is 16.6 Å². The van der Waals surface area contributed by atoms with Crippen molar-refractivity contribution in [1.29, 1.82) is 0 Å². The van der Waals surface area contributed by atoms with Gasteiger partial charge in [0.25, 0.3) is 5.92 Å². The SMILES string of the molecule is C=CC=C(CC)c1cc2nccnc2c(NCC2CNCCC2(F)F)n1. The molecule has 0 radical (unpaired) electrons. The third kappa shape index (κ3) is 3.88. The first-order chi connectivity index (χ1) is 12.5. The van der Waals surface area contributed by atoms with Gasteiger partial charge in [-0.05, 0) is 18.1 Å². The van der Waals surface area contributed by atoms with E-state index in [0.717, 1.165) is 17.7 Å². The molecule has 7 heteroatoms. The molecule has 2 aromatic heterocycles. The molecule has 1 unspecified atom stereocenters. The number of halogens is 2. The van der Waals surface area contributed by atoms with Gasteiger partial charge in [-0.3, -0.25) is 4.98 Å². The number of aromatic nitrogens is 3. The molecule has 0 saturated carbocycles. The number of nitrogens with one attached hydrogen (secondary N) is 2. The fourth-order valence-corrected chi connectivity index (χ4v) is 3.11. The van der Waals surface area contributed by atoms with Gasteiger partial charge < -0.3 is 10.6 Å². The maximum Gasteiger partial charge on any atom is 0.255 e. The van der Waals surface area contributed by atoms with Gasteiger partial charge in [-0.15, -0.1) is 0 Å². The van der Waals surface area contributed by atoms with E-state index in [1.165, 1.54) is 0 Å². The van der Waals surface area contributed by atoms with Gasteiger partial charge >= 0.3 is 0 Å². The highest BCUT2D eigenvalue weighted by Gasteiger charge is 2.41. The molecular weight excluding hydrogens is 336 g/mol. The standard InChI is InChI=1S/C19H23F2N5/c1-3-5-13(4-2)15-10-16-17(24-9-8-23-16)18(26-15)25-12-14-11-22-7-6-19(14,20)21/h3,5,8-10,14,22H,1,4,6-7,11-12H2,2H3,(H,25,26). The van der Waals surface area contributed by atoms with Gasteiger partial charge in [-0.2, -0.15) is 0 Å². The fourth-order valence-electron chi connectivity index (χ4n) is 3.11. The molecule has 2 N–H and O–H groups in total. The van der Waals surface area contributed by atoms with Crippen LogP contribution in [-0.4, -0.2) is 40.5 Å². The lowest BCUT2D eigenvalue weighted by Gasteiger charge is -2.32. The third-order valence-corrected chi connectivity index (χ3v) is 4.62. The molecule has 1 atom stereocenters. The molecule has 3 rings (SSSR count). The molecular formula is C19H23F2N5. The van der Waals surface area contributed by atoms with Crippen molar-refractivity contribution in [2.24, 2.45) is 5.92 Å². The number of anilines is 1. The van der Waals surface area contributed by atoms with Crippen molar-refractivity contribution in [3.05, 3.63) is 42.9 Å². The number of hydrogen-bond donors (Lipinski definition) is 2. The number of rotatable bonds is 6. The predicted molar refractivity (Wildman–Crippen MR) is 100 cm³/mol. The summed E-state index contributed by atoms with van der Waals surface area (Å²) in [4.78, 5) is 13.3.